The molecule has 1 heterocycles. The standard InChI is InChI=1S/C25H27F2NO5S/c1-34(31,32)20-9-7-18(8-10-20)21(12-17-13-22(26)23(27)14-17)24(29)28-19(15-33-25(28)30)11-16-5-3-2-4-6-16/h2-10,17,19,21-23H,11-15H2,1H3/t17?,19-,21?,22?,23?/m1/s1. The van der Waals surface area contributed by atoms with Crippen LogP contribution in [0.4, 0.5) is 13.6 Å². The molecule has 2 fully saturated rings. The number of cyclic esters (lactones) is 1. The Labute approximate surface area is 197 Å². The number of alkyl halides is 2. The van der Waals surface area contributed by atoms with Gasteiger partial charge in [0.1, 0.15) is 19.0 Å². The van der Waals surface area contributed by atoms with E-state index in [-0.39, 0.29) is 36.7 Å². The largest absolute Gasteiger partial charge is 0.447 e. The molecule has 0 radical (unpaired) electrons. The van der Waals surface area contributed by atoms with Gasteiger partial charge in [-0.15, -0.1) is 0 Å². The van der Waals surface area contributed by atoms with E-state index in [9.17, 15) is 26.8 Å². The second-order valence-corrected chi connectivity index (χ2v) is 11.1. The van der Waals surface area contributed by atoms with E-state index in [0.717, 1.165) is 16.7 Å². The van der Waals surface area contributed by atoms with Crippen molar-refractivity contribution in [3.05, 3.63) is 65.7 Å². The van der Waals surface area contributed by atoms with E-state index in [0.29, 0.717) is 12.0 Å². The van der Waals surface area contributed by atoms with Gasteiger partial charge in [0.2, 0.25) is 5.91 Å². The molecule has 1 aliphatic heterocycles. The van der Waals surface area contributed by atoms with E-state index in [1.165, 1.54) is 24.3 Å². The number of hydrogen-bond donors (Lipinski definition) is 0. The molecule has 2 aromatic rings. The van der Waals surface area contributed by atoms with E-state index in [2.05, 4.69) is 0 Å². The average molecular weight is 492 g/mol. The molecule has 4 rings (SSSR count). The van der Waals surface area contributed by atoms with Crippen LogP contribution in [0.15, 0.2) is 59.5 Å². The Morgan fingerprint density at radius 1 is 1.06 bits per heavy atom. The first-order chi connectivity index (χ1) is 16.1. The summed E-state index contributed by atoms with van der Waals surface area (Å²) in [6.07, 6.45) is -2.23. The smallest absolute Gasteiger partial charge is 0.417 e. The van der Waals surface area contributed by atoms with Gasteiger partial charge in [0.05, 0.1) is 16.9 Å². The normalized spacial score (nSPS) is 25.9. The van der Waals surface area contributed by atoms with Gasteiger partial charge in [0, 0.05) is 6.26 Å². The molecule has 0 N–H and O–H groups in total. The lowest BCUT2D eigenvalue weighted by Gasteiger charge is -2.27. The molecule has 1 saturated heterocycles. The first kappa shape index (κ1) is 24.3. The van der Waals surface area contributed by atoms with Gasteiger partial charge in [-0.1, -0.05) is 42.5 Å². The second kappa shape index (κ2) is 9.82. The van der Waals surface area contributed by atoms with E-state index < -0.39 is 46.1 Å². The van der Waals surface area contributed by atoms with Crippen molar-refractivity contribution in [1.29, 1.82) is 0 Å². The summed E-state index contributed by atoms with van der Waals surface area (Å²) < 4.78 is 56.6. The molecule has 3 unspecified atom stereocenters. The minimum Gasteiger partial charge on any atom is -0.447 e. The number of sulfone groups is 1. The van der Waals surface area contributed by atoms with Crippen LogP contribution in [0, 0.1) is 5.92 Å². The molecule has 0 aromatic heterocycles. The van der Waals surface area contributed by atoms with E-state index in [1.807, 2.05) is 30.3 Å². The van der Waals surface area contributed by atoms with Crippen LogP contribution in [-0.2, 0) is 25.8 Å². The van der Waals surface area contributed by atoms with Crippen LogP contribution in [-0.4, -0.2) is 56.6 Å². The van der Waals surface area contributed by atoms with Gasteiger partial charge in [-0.2, -0.15) is 0 Å². The monoisotopic (exact) mass is 491 g/mol. The predicted molar refractivity (Wildman–Crippen MR) is 122 cm³/mol. The number of rotatable bonds is 7. The van der Waals surface area contributed by atoms with Crippen LogP contribution in [0.5, 0.6) is 0 Å². The highest BCUT2D eigenvalue weighted by Crippen LogP contribution is 2.39. The van der Waals surface area contributed by atoms with Gasteiger partial charge in [-0.25, -0.2) is 26.9 Å². The summed E-state index contributed by atoms with van der Waals surface area (Å²) >= 11 is 0. The summed E-state index contributed by atoms with van der Waals surface area (Å²) in [5.41, 5.74) is 1.43. The molecule has 0 bridgehead atoms. The lowest BCUT2D eigenvalue weighted by atomic mass is 9.86. The summed E-state index contributed by atoms with van der Waals surface area (Å²) in [6.45, 7) is 0.0573. The van der Waals surface area contributed by atoms with Crippen molar-refractivity contribution in [2.75, 3.05) is 12.9 Å². The third-order valence-corrected chi connectivity index (χ3v) is 7.73. The zero-order chi connectivity index (χ0) is 24.5. The maximum atomic E-state index is 13.9. The van der Waals surface area contributed by atoms with E-state index in [4.69, 9.17) is 4.74 Å². The van der Waals surface area contributed by atoms with Gasteiger partial charge in [-0.05, 0) is 54.9 Å². The fourth-order valence-electron chi connectivity index (χ4n) is 4.82. The number of hydrogen-bond acceptors (Lipinski definition) is 5. The average Bonchev–Trinajstić information content (AvgIpc) is 3.32. The predicted octanol–water partition coefficient (Wildman–Crippen LogP) is 4.24. The highest BCUT2D eigenvalue weighted by atomic mass is 32.2. The molecule has 34 heavy (non-hydrogen) atoms. The summed E-state index contributed by atoms with van der Waals surface area (Å²) in [5.74, 6) is -1.74. The van der Waals surface area contributed by atoms with Crippen molar-refractivity contribution < 1.29 is 31.5 Å². The van der Waals surface area contributed by atoms with Gasteiger partial charge in [-0.3, -0.25) is 4.79 Å². The topological polar surface area (TPSA) is 80.8 Å². The molecule has 0 spiro atoms. The Morgan fingerprint density at radius 3 is 2.26 bits per heavy atom. The van der Waals surface area contributed by atoms with E-state index >= 15 is 0 Å². The third kappa shape index (κ3) is 5.29. The van der Waals surface area contributed by atoms with Gasteiger partial charge >= 0.3 is 6.09 Å². The van der Waals surface area contributed by atoms with Gasteiger partial charge in [0.25, 0.3) is 0 Å². The van der Waals surface area contributed by atoms with Crippen molar-refractivity contribution >= 4 is 21.8 Å². The molecular weight excluding hydrogens is 464 g/mol. The number of imide groups is 1. The Kier molecular flexibility index (Phi) is 7.02. The summed E-state index contributed by atoms with van der Waals surface area (Å²) in [4.78, 5) is 27.5. The van der Waals surface area contributed by atoms with Crippen molar-refractivity contribution in [2.24, 2.45) is 5.92 Å². The number of benzene rings is 2. The van der Waals surface area contributed by atoms with Crippen LogP contribution in [0.1, 0.15) is 36.3 Å². The lowest BCUT2D eigenvalue weighted by Crippen LogP contribution is -2.43. The molecule has 1 saturated carbocycles. The summed E-state index contributed by atoms with van der Waals surface area (Å²) in [5, 5.41) is 0. The maximum absolute atomic E-state index is 13.9. The fraction of sp³-hybridized carbons (Fsp3) is 0.440. The Balaban J connectivity index is 1.62. The number of carbonyl (C=O) groups is 2. The highest BCUT2D eigenvalue weighted by Gasteiger charge is 2.43. The summed E-state index contributed by atoms with van der Waals surface area (Å²) in [6, 6.07) is 14.8. The second-order valence-electron chi connectivity index (χ2n) is 9.13. The SMILES string of the molecule is CS(=O)(=O)c1ccc(C(CC2CC(F)C(F)C2)C(=O)N2C(=O)OC[C@H]2Cc2ccccc2)cc1. The van der Waals surface area contributed by atoms with Crippen LogP contribution in [0.2, 0.25) is 0 Å². The quantitative estimate of drug-likeness (QED) is 0.579. The molecule has 2 aromatic carbocycles. The molecular formula is C25H27F2NO5S. The van der Waals surface area contributed by atoms with Crippen LogP contribution >= 0.6 is 0 Å². The van der Waals surface area contributed by atoms with Crippen molar-refractivity contribution in [3.8, 4) is 0 Å². The number of nitrogens with zero attached hydrogens (tertiary/aromatic N) is 1. The lowest BCUT2D eigenvalue weighted by molar-refractivity contribution is -0.131. The number of ether oxygens (including phenoxy) is 1. The summed E-state index contributed by atoms with van der Waals surface area (Å²) in [7, 11) is -3.44. The van der Waals surface area contributed by atoms with Gasteiger partial charge < -0.3 is 4.74 Å². The van der Waals surface area contributed by atoms with Gasteiger partial charge in [0.15, 0.2) is 9.84 Å². The Morgan fingerprint density at radius 2 is 1.68 bits per heavy atom. The van der Waals surface area contributed by atoms with Crippen molar-refractivity contribution in [3.63, 3.8) is 0 Å². The first-order valence-corrected chi connectivity index (χ1v) is 13.1. The Hall–Kier alpha value is -2.81. The maximum Gasteiger partial charge on any atom is 0.417 e. The van der Waals surface area contributed by atoms with Crippen LogP contribution in [0.25, 0.3) is 0 Å². The molecule has 2 amide bonds. The number of halogens is 2. The zero-order valence-corrected chi connectivity index (χ0v) is 19.6. The molecule has 4 atom stereocenters. The Bertz CT molecular complexity index is 1130. The number of carbonyl (C=O) groups excluding carboxylic acids is 2. The molecule has 6 nitrogen and oxygen atoms in total. The molecule has 9 heteroatoms. The highest BCUT2D eigenvalue weighted by molar-refractivity contribution is 7.90. The minimum absolute atomic E-state index is 0.00423. The first-order valence-electron chi connectivity index (χ1n) is 11.3. The zero-order valence-electron chi connectivity index (χ0n) is 18.8. The van der Waals surface area contributed by atoms with Crippen LogP contribution in [0.3, 0.4) is 0 Å². The molecule has 1 aliphatic carbocycles. The fourth-order valence-corrected chi connectivity index (χ4v) is 5.45. The van der Waals surface area contributed by atoms with E-state index in [1.54, 1.807) is 0 Å². The molecule has 2 aliphatic rings. The minimum atomic E-state index is -3.44. The van der Waals surface area contributed by atoms with Crippen LogP contribution < -0.4 is 0 Å². The third-order valence-electron chi connectivity index (χ3n) is 6.60. The van der Waals surface area contributed by atoms with Crippen molar-refractivity contribution in [1.82, 2.24) is 4.90 Å². The molecule has 182 valence electrons. The van der Waals surface area contributed by atoms with Crippen molar-refractivity contribution in [2.45, 2.75) is 54.9 Å². The number of amides is 2.